The van der Waals surface area contributed by atoms with E-state index < -0.39 is 0 Å². The molecule has 0 spiro atoms. The molecule has 0 bridgehead atoms. The van der Waals surface area contributed by atoms with Gasteiger partial charge in [0.1, 0.15) is 5.82 Å². The number of aromatic nitrogens is 4. The van der Waals surface area contributed by atoms with Gasteiger partial charge >= 0.3 is 0 Å². The van der Waals surface area contributed by atoms with E-state index in [-0.39, 0.29) is 5.91 Å². The summed E-state index contributed by atoms with van der Waals surface area (Å²) in [4.78, 5) is 25.8. The number of benzene rings is 1. The van der Waals surface area contributed by atoms with Crippen LogP contribution in [0, 0.1) is 6.92 Å². The number of hydrogen-bond donors (Lipinski definition) is 2. The van der Waals surface area contributed by atoms with Crippen LogP contribution in [0.2, 0.25) is 0 Å². The highest BCUT2D eigenvalue weighted by Crippen LogP contribution is 2.31. The van der Waals surface area contributed by atoms with Crippen molar-refractivity contribution < 1.29 is 9.53 Å². The lowest BCUT2D eigenvalue weighted by atomic mass is 10.1. The number of carbonyl (C=O) groups excluding carboxylic acids is 1. The fourth-order valence-electron chi connectivity index (χ4n) is 4.07. The molecular weight excluding hydrogens is 416 g/mol. The van der Waals surface area contributed by atoms with Crippen LogP contribution in [0.4, 0.5) is 11.5 Å². The molecule has 0 unspecified atom stereocenters. The number of aryl methyl sites for hydroxylation is 1. The van der Waals surface area contributed by atoms with Crippen molar-refractivity contribution in [1.82, 2.24) is 19.5 Å². The van der Waals surface area contributed by atoms with Gasteiger partial charge in [0.15, 0.2) is 0 Å². The molecule has 4 aromatic rings. The first kappa shape index (κ1) is 20.8. The van der Waals surface area contributed by atoms with E-state index >= 15 is 0 Å². The zero-order chi connectivity index (χ0) is 22.8. The van der Waals surface area contributed by atoms with Crippen LogP contribution in [0.5, 0.6) is 0 Å². The van der Waals surface area contributed by atoms with Crippen LogP contribution in [0.3, 0.4) is 0 Å². The number of fused-ring (bicyclic) bond motifs is 2. The number of carbonyl (C=O) groups is 1. The van der Waals surface area contributed by atoms with E-state index in [2.05, 4.69) is 22.2 Å². The third-order valence-electron chi connectivity index (χ3n) is 5.69. The molecule has 33 heavy (non-hydrogen) atoms. The molecule has 3 aromatic heterocycles. The van der Waals surface area contributed by atoms with Crippen molar-refractivity contribution in [2.75, 3.05) is 17.2 Å². The molecule has 0 saturated heterocycles. The fraction of sp³-hybridized carbons (Fsp3) is 0.200. The maximum Gasteiger partial charge on any atom is 0.247 e. The summed E-state index contributed by atoms with van der Waals surface area (Å²) in [5, 5.41) is 7.26. The Bertz CT molecular complexity index is 1350. The molecule has 1 amide bonds. The van der Waals surface area contributed by atoms with Gasteiger partial charge in [-0.2, -0.15) is 4.98 Å². The van der Waals surface area contributed by atoms with Crippen LogP contribution in [0.1, 0.15) is 22.5 Å². The number of ether oxygens (including phenoxy) is 1. The molecule has 8 heteroatoms. The highest BCUT2D eigenvalue weighted by Gasteiger charge is 2.21. The van der Waals surface area contributed by atoms with Crippen molar-refractivity contribution in [3.63, 3.8) is 0 Å². The van der Waals surface area contributed by atoms with Crippen LogP contribution < -0.4 is 10.6 Å². The van der Waals surface area contributed by atoms with E-state index in [9.17, 15) is 4.79 Å². The number of rotatable bonds is 6. The van der Waals surface area contributed by atoms with Crippen LogP contribution in [-0.2, 0) is 29.1 Å². The van der Waals surface area contributed by atoms with Gasteiger partial charge in [-0.15, -0.1) is 0 Å². The van der Waals surface area contributed by atoms with Crippen molar-refractivity contribution in [3.8, 4) is 5.95 Å². The topological polar surface area (TPSA) is 94.0 Å². The standard InChI is InChI=1S/C25H24N6O2/c1-3-23(32)28-20-5-4-6-22-18(20)13-16(2)31(22)25-29-21-9-12-33-15-19(21)24(30-25)27-14-17-7-10-26-11-8-17/h3-8,10-11,13H,1,9,12,14-15H2,2H3,(H,28,32)(H,27,29,30). The highest BCUT2D eigenvalue weighted by atomic mass is 16.5. The van der Waals surface area contributed by atoms with Gasteiger partial charge < -0.3 is 15.4 Å². The average molecular weight is 441 g/mol. The van der Waals surface area contributed by atoms with Crippen LogP contribution in [0.25, 0.3) is 16.9 Å². The number of nitrogens with one attached hydrogen (secondary N) is 2. The molecule has 0 saturated carbocycles. The van der Waals surface area contributed by atoms with E-state index in [0.29, 0.717) is 25.7 Å². The second kappa shape index (κ2) is 8.84. The maximum absolute atomic E-state index is 11.9. The number of pyridine rings is 1. The van der Waals surface area contributed by atoms with Crippen molar-refractivity contribution in [3.05, 3.63) is 84.0 Å². The van der Waals surface area contributed by atoms with Gasteiger partial charge in [0, 0.05) is 42.0 Å². The zero-order valence-corrected chi connectivity index (χ0v) is 18.3. The monoisotopic (exact) mass is 440 g/mol. The largest absolute Gasteiger partial charge is 0.376 e. The summed E-state index contributed by atoms with van der Waals surface area (Å²) in [6, 6.07) is 11.8. The Morgan fingerprint density at radius 1 is 1.24 bits per heavy atom. The van der Waals surface area contributed by atoms with Crippen molar-refractivity contribution in [2.24, 2.45) is 0 Å². The Labute approximate surface area is 191 Å². The maximum atomic E-state index is 11.9. The summed E-state index contributed by atoms with van der Waals surface area (Å²) in [6.07, 6.45) is 5.55. The van der Waals surface area contributed by atoms with E-state index in [1.165, 1.54) is 6.08 Å². The van der Waals surface area contributed by atoms with Crippen LogP contribution in [-0.4, -0.2) is 32.0 Å². The van der Waals surface area contributed by atoms with E-state index in [4.69, 9.17) is 14.7 Å². The Morgan fingerprint density at radius 3 is 2.91 bits per heavy atom. The molecule has 8 nitrogen and oxygen atoms in total. The summed E-state index contributed by atoms with van der Waals surface area (Å²) in [5.41, 5.74) is 5.70. The first-order valence-corrected chi connectivity index (χ1v) is 10.8. The number of hydrogen-bond acceptors (Lipinski definition) is 6. The third-order valence-corrected chi connectivity index (χ3v) is 5.69. The van der Waals surface area contributed by atoms with Gasteiger partial charge in [-0.25, -0.2) is 4.98 Å². The molecule has 166 valence electrons. The molecule has 0 aliphatic carbocycles. The van der Waals surface area contributed by atoms with Gasteiger partial charge in [-0.1, -0.05) is 12.6 Å². The van der Waals surface area contributed by atoms with Gasteiger partial charge in [-0.3, -0.25) is 14.3 Å². The summed E-state index contributed by atoms with van der Waals surface area (Å²) in [6.45, 7) is 7.29. The van der Waals surface area contributed by atoms with Crippen LogP contribution in [0.15, 0.2) is 61.4 Å². The Morgan fingerprint density at radius 2 is 2.09 bits per heavy atom. The summed E-state index contributed by atoms with van der Waals surface area (Å²) in [5.74, 6) is 1.11. The Kier molecular flexibility index (Phi) is 5.58. The van der Waals surface area contributed by atoms with Crippen molar-refractivity contribution in [2.45, 2.75) is 26.5 Å². The van der Waals surface area contributed by atoms with Gasteiger partial charge in [0.25, 0.3) is 0 Å². The van der Waals surface area contributed by atoms with Crippen LogP contribution >= 0.6 is 0 Å². The summed E-state index contributed by atoms with van der Waals surface area (Å²) < 4.78 is 7.71. The first-order chi connectivity index (χ1) is 16.1. The minimum atomic E-state index is -0.250. The van der Waals surface area contributed by atoms with Crippen molar-refractivity contribution >= 4 is 28.3 Å². The lowest BCUT2D eigenvalue weighted by Crippen LogP contribution is -2.19. The molecule has 0 fully saturated rings. The van der Waals surface area contributed by atoms with E-state index in [1.54, 1.807) is 12.4 Å². The fourth-order valence-corrected chi connectivity index (χ4v) is 4.07. The Hall–Kier alpha value is -4.04. The molecule has 0 atom stereocenters. The van der Waals surface area contributed by atoms with Gasteiger partial charge in [0.05, 0.1) is 30.1 Å². The van der Waals surface area contributed by atoms with Gasteiger partial charge in [-0.05, 0) is 48.9 Å². The predicted molar refractivity (Wildman–Crippen MR) is 127 cm³/mol. The Balaban J connectivity index is 1.59. The average Bonchev–Trinajstić information content (AvgIpc) is 3.19. The third kappa shape index (κ3) is 4.08. The summed E-state index contributed by atoms with van der Waals surface area (Å²) >= 11 is 0. The molecule has 1 aliphatic heterocycles. The minimum Gasteiger partial charge on any atom is -0.376 e. The number of nitrogens with zero attached hydrogens (tertiary/aromatic N) is 4. The lowest BCUT2D eigenvalue weighted by Gasteiger charge is -2.21. The zero-order valence-electron chi connectivity index (χ0n) is 18.3. The predicted octanol–water partition coefficient (Wildman–Crippen LogP) is 3.93. The first-order valence-electron chi connectivity index (χ1n) is 10.8. The molecule has 1 aliphatic rings. The second-order valence-corrected chi connectivity index (χ2v) is 7.86. The molecule has 5 rings (SSSR count). The quantitative estimate of drug-likeness (QED) is 0.441. The molecule has 0 radical (unpaired) electrons. The molecule has 4 heterocycles. The van der Waals surface area contributed by atoms with E-state index in [0.717, 1.165) is 51.3 Å². The minimum absolute atomic E-state index is 0.250. The second-order valence-electron chi connectivity index (χ2n) is 7.86. The molecule has 2 N–H and O–H groups in total. The van der Waals surface area contributed by atoms with Crippen molar-refractivity contribution in [1.29, 1.82) is 0 Å². The smallest absolute Gasteiger partial charge is 0.247 e. The molecular formula is C25H24N6O2. The normalized spacial score (nSPS) is 12.9. The SMILES string of the molecule is C=CC(=O)Nc1cccc2c1cc(C)n2-c1nc2c(c(NCc3ccncc3)n1)COCC2. The molecule has 1 aromatic carbocycles. The number of amides is 1. The number of anilines is 2. The highest BCUT2D eigenvalue weighted by molar-refractivity contribution is 6.06. The summed E-state index contributed by atoms with van der Waals surface area (Å²) in [7, 11) is 0. The van der Waals surface area contributed by atoms with E-state index in [1.807, 2.05) is 47.9 Å². The van der Waals surface area contributed by atoms with Gasteiger partial charge in [0.2, 0.25) is 11.9 Å². The lowest BCUT2D eigenvalue weighted by molar-refractivity contribution is -0.111.